The summed E-state index contributed by atoms with van der Waals surface area (Å²) >= 11 is 0. The number of aliphatic carboxylic acids is 1. The van der Waals surface area contributed by atoms with Crippen molar-refractivity contribution in [2.45, 2.75) is 32.3 Å². The van der Waals surface area contributed by atoms with E-state index in [1.54, 1.807) is 0 Å². The number of hydrogen-bond acceptors (Lipinski definition) is 5. The fourth-order valence-electron chi connectivity index (χ4n) is 1.58. The van der Waals surface area contributed by atoms with E-state index in [1.165, 1.54) is 0 Å². The second kappa shape index (κ2) is 4.61. The second-order valence-corrected chi connectivity index (χ2v) is 3.83. The lowest BCUT2D eigenvalue weighted by Crippen LogP contribution is -2.09. The van der Waals surface area contributed by atoms with Gasteiger partial charge in [0.1, 0.15) is 12.5 Å². The van der Waals surface area contributed by atoms with Crippen LogP contribution in [-0.2, 0) is 16.0 Å². The Morgan fingerprint density at radius 2 is 2.44 bits per heavy atom. The molecule has 1 unspecified atom stereocenters. The molecule has 0 bridgehead atoms. The highest BCUT2D eigenvalue weighted by Crippen LogP contribution is 2.42. The fraction of sp³-hybridized carbons (Fsp3) is 0.700. The largest absolute Gasteiger partial charge is 0.481 e. The van der Waals surface area contributed by atoms with Gasteiger partial charge in [-0.1, -0.05) is 5.16 Å². The summed E-state index contributed by atoms with van der Waals surface area (Å²) in [5.74, 6) is 0.0817. The predicted octanol–water partition coefficient (Wildman–Crippen LogP) is 1.18. The van der Waals surface area contributed by atoms with Crippen molar-refractivity contribution in [3.05, 3.63) is 11.7 Å². The van der Waals surface area contributed by atoms with Gasteiger partial charge in [0.25, 0.3) is 0 Å². The summed E-state index contributed by atoms with van der Waals surface area (Å²) in [4.78, 5) is 14.5. The lowest BCUT2D eigenvalue weighted by Gasteiger charge is -2.10. The first-order chi connectivity index (χ1) is 7.70. The quantitative estimate of drug-likeness (QED) is 0.784. The molecule has 1 fully saturated rings. The van der Waals surface area contributed by atoms with Crippen LogP contribution in [-0.4, -0.2) is 27.8 Å². The Bertz CT molecular complexity index is 373. The molecule has 0 radical (unpaired) electrons. The Labute approximate surface area is 92.6 Å². The van der Waals surface area contributed by atoms with Gasteiger partial charge >= 0.3 is 5.97 Å². The summed E-state index contributed by atoms with van der Waals surface area (Å²) in [5.41, 5.74) is 0. The van der Waals surface area contributed by atoms with Crippen molar-refractivity contribution in [1.82, 2.24) is 10.1 Å². The number of carboxylic acids is 1. The molecule has 1 N–H and O–H groups in total. The van der Waals surface area contributed by atoms with E-state index in [1.807, 2.05) is 6.92 Å². The summed E-state index contributed by atoms with van der Waals surface area (Å²) < 4.78 is 10.4. The number of ether oxygens (including phenoxy) is 1. The molecule has 1 aromatic rings. The molecular formula is C10H14N2O4. The molecule has 1 heterocycles. The molecule has 6 heteroatoms. The Balaban J connectivity index is 2.06. The van der Waals surface area contributed by atoms with Gasteiger partial charge in [-0.05, 0) is 25.7 Å². The second-order valence-electron chi connectivity index (χ2n) is 3.83. The Morgan fingerprint density at radius 3 is 3.00 bits per heavy atom. The first-order valence-electron chi connectivity index (χ1n) is 5.36. The third-order valence-electron chi connectivity index (χ3n) is 2.44. The van der Waals surface area contributed by atoms with Gasteiger partial charge in [0.15, 0.2) is 0 Å². The van der Waals surface area contributed by atoms with Crippen LogP contribution in [0.25, 0.3) is 0 Å². The summed E-state index contributed by atoms with van der Waals surface area (Å²) in [7, 11) is 0. The average molecular weight is 226 g/mol. The highest BCUT2D eigenvalue weighted by Gasteiger charge is 2.36. The summed E-state index contributed by atoms with van der Waals surface area (Å²) in [6.07, 6.45) is 1.83. The van der Waals surface area contributed by atoms with E-state index in [0.717, 1.165) is 12.8 Å². The molecule has 2 rings (SSSR count). The van der Waals surface area contributed by atoms with E-state index in [2.05, 4.69) is 10.1 Å². The van der Waals surface area contributed by atoms with E-state index in [0.29, 0.717) is 18.3 Å². The van der Waals surface area contributed by atoms with Gasteiger partial charge in [-0.15, -0.1) is 0 Å². The van der Waals surface area contributed by atoms with Gasteiger partial charge in [0, 0.05) is 6.61 Å². The zero-order valence-electron chi connectivity index (χ0n) is 9.05. The van der Waals surface area contributed by atoms with Crippen LogP contribution in [0, 0.1) is 5.92 Å². The molecule has 88 valence electrons. The minimum absolute atomic E-state index is 0.132. The van der Waals surface area contributed by atoms with Gasteiger partial charge in [-0.2, -0.15) is 4.98 Å². The third-order valence-corrected chi connectivity index (χ3v) is 2.44. The topological polar surface area (TPSA) is 85.5 Å². The SMILES string of the molecule is CCOC(c1noc(CC(=O)O)n1)C1CC1. The maximum absolute atomic E-state index is 10.5. The van der Waals surface area contributed by atoms with Crippen molar-refractivity contribution in [3.8, 4) is 0 Å². The minimum atomic E-state index is -0.977. The third kappa shape index (κ3) is 2.57. The molecule has 1 aliphatic carbocycles. The van der Waals surface area contributed by atoms with E-state index in [9.17, 15) is 4.79 Å². The van der Waals surface area contributed by atoms with E-state index < -0.39 is 5.97 Å². The molecule has 1 atom stereocenters. The number of aromatic nitrogens is 2. The van der Waals surface area contributed by atoms with Gasteiger partial charge in [0.05, 0.1) is 0 Å². The monoisotopic (exact) mass is 226 g/mol. The number of carbonyl (C=O) groups is 1. The molecule has 0 aliphatic heterocycles. The standard InChI is InChI=1S/C10H14N2O4/c1-2-15-9(6-3-4-6)10-11-7(16-12-10)5-8(13)14/h6,9H,2-5H2,1H3,(H,13,14). The maximum atomic E-state index is 10.5. The zero-order valence-corrected chi connectivity index (χ0v) is 9.05. The van der Waals surface area contributed by atoms with Crippen molar-refractivity contribution >= 4 is 5.97 Å². The zero-order chi connectivity index (χ0) is 11.5. The first-order valence-corrected chi connectivity index (χ1v) is 5.36. The Kier molecular flexibility index (Phi) is 3.19. The molecular weight excluding hydrogens is 212 g/mol. The molecule has 0 saturated heterocycles. The van der Waals surface area contributed by atoms with E-state index >= 15 is 0 Å². The highest BCUT2D eigenvalue weighted by molar-refractivity contribution is 5.68. The lowest BCUT2D eigenvalue weighted by molar-refractivity contribution is -0.136. The maximum Gasteiger partial charge on any atom is 0.312 e. The van der Waals surface area contributed by atoms with E-state index in [-0.39, 0.29) is 18.4 Å². The van der Waals surface area contributed by atoms with Crippen LogP contribution < -0.4 is 0 Å². The smallest absolute Gasteiger partial charge is 0.312 e. The molecule has 1 aliphatic rings. The van der Waals surface area contributed by atoms with Crippen LogP contribution in [0.5, 0.6) is 0 Å². The van der Waals surface area contributed by atoms with Crippen molar-refractivity contribution in [3.63, 3.8) is 0 Å². The number of rotatable bonds is 6. The average Bonchev–Trinajstić information content (AvgIpc) is 2.96. The van der Waals surface area contributed by atoms with Crippen LogP contribution in [0.1, 0.15) is 37.6 Å². The Morgan fingerprint density at radius 1 is 1.69 bits per heavy atom. The van der Waals surface area contributed by atoms with Crippen molar-refractivity contribution in [2.24, 2.45) is 5.92 Å². The molecule has 16 heavy (non-hydrogen) atoms. The normalized spacial score (nSPS) is 17.3. The first kappa shape index (κ1) is 11.1. The number of carboxylic acid groups (broad SMARTS) is 1. The molecule has 1 saturated carbocycles. The van der Waals surface area contributed by atoms with Crippen molar-refractivity contribution < 1.29 is 19.2 Å². The highest BCUT2D eigenvalue weighted by atomic mass is 16.5. The molecule has 0 spiro atoms. The van der Waals surface area contributed by atoms with Crippen molar-refractivity contribution in [1.29, 1.82) is 0 Å². The Hall–Kier alpha value is -1.43. The van der Waals surface area contributed by atoms with Crippen molar-refractivity contribution in [2.75, 3.05) is 6.61 Å². The van der Waals surface area contributed by atoms with Crippen LogP contribution in [0.15, 0.2) is 4.52 Å². The minimum Gasteiger partial charge on any atom is -0.481 e. The lowest BCUT2D eigenvalue weighted by atomic mass is 10.2. The number of hydrogen-bond donors (Lipinski definition) is 1. The van der Waals surface area contributed by atoms with Crippen LogP contribution in [0.3, 0.4) is 0 Å². The molecule has 1 aromatic heterocycles. The molecule has 0 aromatic carbocycles. The molecule has 6 nitrogen and oxygen atoms in total. The summed E-state index contributed by atoms with van der Waals surface area (Å²) in [5, 5.41) is 12.4. The van der Waals surface area contributed by atoms with Gasteiger partial charge in [-0.3, -0.25) is 4.79 Å². The van der Waals surface area contributed by atoms with E-state index in [4.69, 9.17) is 14.4 Å². The summed E-state index contributed by atoms with van der Waals surface area (Å²) in [6.45, 7) is 2.50. The fourth-order valence-corrected chi connectivity index (χ4v) is 1.58. The van der Waals surface area contributed by atoms with Gasteiger partial charge in [-0.25, -0.2) is 0 Å². The predicted molar refractivity (Wildman–Crippen MR) is 52.7 cm³/mol. The number of nitrogens with zero attached hydrogens (tertiary/aromatic N) is 2. The van der Waals surface area contributed by atoms with Gasteiger partial charge < -0.3 is 14.4 Å². The van der Waals surface area contributed by atoms with Gasteiger partial charge in [0.2, 0.25) is 11.7 Å². The molecule has 0 amide bonds. The van der Waals surface area contributed by atoms with Crippen LogP contribution in [0.2, 0.25) is 0 Å². The summed E-state index contributed by atoms with van der Waals surface area (Å²) in [6, 6.07) is 0. The van der Waals surface area contributed by atoms with Crippen LogP contribution >= 0.6 is 0 Å². The van der Waals surface area contributed by atoms with Crippen LogP contribution in [0.4, 0.5) is 0 Å².